The summed E-state index contributed by atoms with van der Waals surface area (Å²) < 4.78 is 4.96. The molecular weight excluding hydrogens is 290 g/mol. The summed E-state index contributed by atoms with van der Waals surface area (Å²) >= 11 is 1.34. The van der Waals surface area contributed by atoms with Crippen LogP contribution in [0.3, 0.4) is 0 Å². The molecule has 2 N–H and O–H groups in total. The molecule has 0 saturated heterocycles. The van der Waals surface area contributed by atoms with Gasteiger partial charge >= 0.3 is 0 Å². The summed E-state index contributed by atoms with van der Waals surface area (Å²) in [4.78, 5) is 27.6. The molecule has 0 aliphatic rings. The predicted octanol–water partition coefficient (Wildman–Crippen LogP) is 2.30. The number of carbonyl (C=O) groups excluding carboxylic acids is 1. The van der Waals surface area contributed by atoms with E-state index in [1.54, 1.807) is 13.1 Å². The van der Waals surface area contributed by atoms with E-state index in [9.17, 15) is 4.79 Å². The zero-order chi connectivity index (χ0) is 14.8. The number of carbonyl (C=O) groups is 1. The van der Waals surface area contributed by atoms with E-state index in [-0.39, 0.29) is 7.33 Å². The van der Waals surface area contributed by atoms with E-state index in [0.717, 1.165) is 16.7 Å². The first-order valence-electron chi connectivity index (χ1n) is 6.26. The molecule has 3 aromatic heterocycles. The lowest BCUT2D eigenvalue weighted by Crippen LogP contribution is -2.26. The molecule has 0 aromatic carbocycles. The highest BCUT2D eigenvalue weighted by Gasteiger charge is 2.15. The Labute approximate surface area is 125 Å². The van der Waals surface area contributed by atoms with E-state index in [4.69, 9.17) is 4.74 Å². The number of anilines is 1. The summed E-state index contributed by atoms with van der Waals surface area (Å²) in [5.41, 5.74) is 2.19. The fraction of sp³-hybridized carbons (Fsp3) is 0.231. The maximum Gasteiger partial charge on any atom is 0.254 e. The third-order valence-corrected chi connectivity index (χ3v) is 3.81. The number of thiazole rings is 1. The molecule has 3 heterocycles. The van der Waals surface area contributed by atoms with E-state index in [1.807, 2.05) is 11.4 Å². The topological polar surface area (TPSA) is 92.8 Å². The molecule has 0 saturated carbocycles. The quantitative estimate of drug-likeness (QED) is 0.771. The van der Waals surface area contributed by atoms with Gasteiger partial charge in [0, 0.05) is 25.5 Å². The van der Waals surface area contributed by atoms with Gasteiger partial charge in [-0.2, -0.15) is 0 Å². The van der Waals surface area contributed by atoms with Crippen LogP contribution in [-0.4, -0.2) is 39.1 Å². The third kappa shape index (κ3) is 2.63. The minimum Gasteiger partial charge on any atom is -0.372 e. The van der Waals surface area contributed by atoms with E-state index in [0.29, 0.717) is 10.8 Å². The molecule has 110 valence electrons. The number of methoxy groups -OCH3 is 1. The number of rotatable bonds is 4. The normalized spacial score (nSPS) is 12.5. The Bertz CT molecular complexity index is 787. The largest absolute Gasteiger partial charge is 0.372 e. The molecule has 0 aliphatic carbocycles. The second-order valence-electron chi connectivity index (χ2n) is 4.37. The van der Waals surface area contributed by atoms with Crippen LogP contribution >= 0.6 is 11.3 Å². The highest BCUT2D eigenvalue weighted by molar-refractivity contribution is 7.14. The van der Waals surface area contributed by atoms with Crippen molar-refractivity contribution in [1.82, 2.24) is 19.9 Å². The van der Waals surface area contributed by atoms with Gasteiger partial charge in [0.15, 0.2) is 5.13 Å². The minimum absolute atomic E-state index is 0. The Morgan fingerprint density at radius 1 is 1.52 bits per heavy atom. The van der Waals surface area contributed by atoms with Crippen molar-refractivity contribution >= 4 is 33.4 Å². The first-order chi connectivity index (χ1) is 10.2. The number of hydrogen-bond donors (Lipinski definition) is 2. The van der Waals surface area contributed by atoms with Crippen LogP contribution in [0.5, 0.6) is 0 Å². The average Bonchev–Trinajstić information content (AvgIpc) is 3.14. The second-order valence-corrected chi connectivity index (χ2v) is 5.23. The lowest BCUT2D eigenvalue weighted by molar-refractivity contribution is -0.124. The Balaban J connectivity index is 0.00000176. The van der Waals surface area contributed by atoms with Crippen LogP contribution < -0.4 is 5.32 Å². The van der Waals surface area contributed by atoms with Crippen molar-refractivity contribution in [2.75, 3.05) is 12.4 Å². The number of H-pyrrole nitrogens is 1. The summed E-state index contributed by atoms with van der Waals surface area (Å²) in [6, 6.07) is 1.90. The molecule has 0 bridgehead atoms. The first-order valence-corrected chi connectivity index (χ1v) is 7.14. The average molecular weight is 305 g/mol. The number of aromatic amines is 1. The molecule has 7 nitrogen and oxygen atoms in total. The maximum absolute atomic E-state index is 11.8. The highest BCUT2D eigenvalue weighted by Crippen LogP contribution is 2.28. The lowest BCUT2D eigenvalue weighted by Gasteiger charge is -2.07. The minimum atomic E-state index is -0.521. The van der Waals surface area contributed by atoms with Crippen molar-refractivity contribution in [1.29, 1.82) is 0 Å². The molecule has 0 spiro atoms. The monoisotopic (exact) mass is 305 g/mol. The van der Waals surface area contributed by atoms with Crippen LogP contribution in [0.2, 0.25) is 0 Å². The van der Waals surface area contributed by atoms with Crippen LogP contribution in [0.1, 0.15) is 8.35 Å². The van der Waals surface area contributed by atoms with Crippen molar-refractivity contribution in [3.63, 3.8) is 0 Å². The van der Waals surface area contributed by atoms with E-state index in [1.165, 1.54) is 24.8 Å². The van der Waals surface area contributed by atoms with Crippen molar-refractivity contribution in [3.05, 3.63) is 24.0 Å². The van der Waals surface area contributed by atoms with Gasteiger partial charge in [-0.15, -0.1) is 11.3 Å². The molecule has 3 aromatic rings. The Kier molecular flexibility index (Phi) is 3.63. The van der Waals surface area contributed by atoms with Gasteiger partial charge in [0.1, 0.15) is 29.5 Å². The summed E-state index contributed by atoms with van der Waals surface area (Å²) in [7, 11) is 1.49. The van der Waals surface area contributed by atoms with Crippen molar-refractivity contribution in [2.45, 2.75) is 13.0 Å². The van der Waals surface area contributed by atoms with Gasteiger partial charge < -0.3 is 9.72 Å². The molecular formula is C13H15N5O2S. The fourth-order valence-electron chi connectivity index (χ4n) is 1.83. The second kappa shape index (κ2) is 5.58. The van der Waals surface area contributed by atoms with E-state index < -0.39 is 6.10 Å². The van der Waals surface area contributed by atoms with Gasteiger partial charge in [-0.1, -0.05) is 0 Å². The summed E-state index contributed by atoms with van der Waals surface area (Å²) in [6.45, 7) is 1.68. The molecule has 1 atom stereocenters. The number of hydrogen-bond acceptors (Lipinski definition) is 6. The molecule has 21 heavy (non-hydrogen) atoms. The standard InChI is InChI=1S/C13H13N5O2S.H2/c1-7(20-2)12(19)18-13-17-9(5-21-13)10-8-3-4-14-11(8)16-6-15-10;/h3-7H,1-2H3,(H,14,15,16)(H,17,18,19);1H. The Morgan fingerprint density at radius 2 is 2.38 bits per heavy atom. The number of nitrogens with one attached hydrogen (secondary N) is 2. The third-order valence-electron chi connectivity index (χ3n) is 3.05. The lowest BCUT2D eigenvalue weighted by atomic mass is 10.2. The zero-order valence-electron chi connectivity index (χ0n) is 11.5. The van der Waals surface area contributed by atoms with Crippen LogP contribution in [0.25, 0.3) is 22.4 Å². The molecule has 0 radical (unpaired) electrons. The van der Waals surface area contributed by atoms with Crippen LogP contribution in [0.15, 0.2) is 24.0 Å². The van der Waals surface area contributed by atoms with Gasteiger partial charge in [-0.3, -0.25) is 10.1 Å². The molecule has 0 fully saturated rings. The Hall–Kier alpha value is -2.32. The smallest absolute Gasteiger partial charge is 0.254 e. The fourth-order valence-corrected chi connectivity index (χ4v) is 2.53. The van der Waals surface area contributed by atoms with Crippen LogP contribution in [0.4, 0.5) is 5.13 Å². The summed E-state index contributed by atoms with van der Waals surface area (Å²) in [6.07, 6.45) is 2.77. The molecule has 0 aliphatic heterocycles. The molecule has 1 amide bonds. The SMILES string of the molecule is COC(C)C(=O)Nc1nc(-c2ncnc3[nH]ccc23)cs1.[HH]. The first kappa shape index (κ1) is 13.7. The summed E-state index contributed by atoms with van der Waals surface area (Å²) in [5.74, 6) is -0.229. The number of nitrogens with zero attached hydrogens (tertiary/aromatic N) is 3. The highest BCUT2D eigenvalue weighted by atomic mass is 32.1. The van der Waals surface area contributed by atoms with Gasteiger partial charge in [0.2, 0.25) is 0 Å². The van der Waals surface area contributed by atoms with E-state index in [2.05, 4.69) is 25.3 Å². The molecule has 3 rings (SSSR count). The van der Waals surface area contributed by atoms with Gasteiger partial charge in [-0.25, -0.2) is 15.0 Å². The number of fused-ring (bicyclic) bond motifs is 1. The number of ether oxygens (including phenoxy) is 1. The van der Waals surface area contributed by atoms with Gasteiger partial charge in [0.25, 0.3) is 5.91 Å². The van der Waals surface area contributed by atoms with Crippen molar-refractivity contribution < 1.29 is 11.0 Å². The van der Waals surface area contributed by atoms with Gasteiger partial charge in [-0.05, 0) is 13.0 Å². The van der Waals surface area contributed by atoms with E-state index >= 15 is 0 Å². The molecule has 8 heteroatoms. The van der Waals surface area contributed by atoms with Crippen LogP contribution in [-0.2, 0) is 9.53 Å². The van der Waals surface area contributed by atoms with Crippen LogP contribution in [0, 0.1) is 0 Å². The Morgan fingerprint density at radius 3 is 3.19 bits per heavy atom. The molecule has 1 unspecified atom stereocenters. The summed E-state index contributed by atoms with van der Waals surface area (Å²) in [5, 5.41) is 5.98. The number of aromatic nitrogens is 4. The van der Waals surface area contributed by atoms with Crippen molar-refractivity contribution in [2.24, 2.45) is 0 Å². The maximum atomic E-state index is 11.8. The number of amides is 1. The van der Waals surface area contributed by atoms with Crippen molar-refractivity contribution in [3.8, 4) is 11.4 Å². The van der Waals surface area contributed by atoms with Gasteiger partial charge in [0.05, 0.1) is 0 Å². The predicted molar refractivity (Wildman–Crippen MR) is 82.2 cm³/mol. The zero-order valence-corrected chi connectivity index (χ0v) is 12.3.